The average Bonchev–Trinajstić information content (AvgIpc) is 2.45. The van der Waals surface area contributed by atoms with Crippen molar-refractivity contribution in [1.29, 1.82) is 0 Å². The van der Waals surface area contributed by atoms with Gasteiger partial charge in [0.25, 0.3) is 0 Å². The predicted octanol–water partition coefficient (Wildman–Crippen LogP) is 0.359. The molecule has 2 rings (SSSR count). The van der Waals surface area contributed by atoms with Crippen molar-refractivity contribution < 1.29 is 9.59 Å². The molecule has 5 nitrogen and oxygen atoms in total. The van der Waals surface area contributed by atoms with Gasteiger partial charge in [-0.3, -0.25) is 9.59 Å². The Labute approximate surface area is 115 Å². The van der Waals surface area contributed by atoms with Crippen LogP contribution in [0.5, 0.6) is 0 Å². The third kappa shape index (κ3) is 3.26. The summed E-state index contributed by atoms with van der Waals surface area (Å²) in [6.07, 6.45) is 3.76. The highest BCUT2D eigenvalue weighted by atomic mass is 16.2. The van der Waals surface area contributed by atoms with Gasteiger partial charge < -0.3 is 15.5 Å². The number of likely N-dealkylation sites (N-methyl/N-ethyl adjacent to an activating group) is 1. The van der Waals surface area contributed by atoms with Gasteiger partial charge in [0.05, 0.1) is 5.92 Å². The summed E-state index contributed by atoms with van der Waals surface area (Å²) in [6.45, 7) is 4.63. The molecule has 2 aliphatic rings. The van der Waals surface area contributed by atoms with Gasteiger partial charge in [0.2, 0.25) is 11.8 Å². The van der Waals surface area contributed by atoms with Crippen LogP contribution in [-0.2, 0) is 9.59 Å². The molecule has 0 spiro atoms. The summed E-state index contributed by atoms with van der Waals surface area (Å²) in [5.41, 5.74) is 0. The van der Waals surface area contributed by atoms with Crippen molar-refractivity contribution in [2.75, 3.05) is 26.7 Å². The minimum Gasteiger partial charge on any atom is -0.357 e. The minimum atomic E-state index is -0.261. The number of amides is 2. The molecule has 3 atom stereocenters. The first kappa shape index (κ1) is 14.3. The van der Waals surface area contributed by atoms with E-state index in [4.69, 9.17) is 0 Å². The van der Waals surface area contributed by atoms with Crippen LogP contribution in [0.3, 0.4) is 0 Å². The Morgan fingerprint density at radius 3 is 2.74 bits per heavy atom. The van der Waals surface area contributed by atoms with E-state index in [1.54, 1.807) is 7.05 Å². The summed E-state index contributed by atoms with van der Waals surface area (Å²) in [5, 5.41) is 6.00. The Bertz CT molecular complexity index is 346. The smallest absolute Gasteiger partial charge is 0.242 e. The summed E-state index contributed by atoms with van der Waals surface area (Å²) >= 11 is 0. The predicted molar refractivity (Wildman–Crippen MR) is 73.6 cm³/mol. The van der Waals surface area contributed by atoms with Crippen molar-refractivity contribution in [2.24, 2.45) is 11.8 Å². The highest BCUT2D eigenvalue weighted by molar-refractivity contribution is 5.88. The number of carbonyl (C=O) groups excluding carboxylic acids is 2. The zero-order valence-electron chi connectivity index (χ0n) is 11.9. The molecule has 19 heavy (non-hydrogen) atoms. The second-order valence-corrected chi connectivity index (χ2v) is 5.85. The van der Waals surface area contributed by atoms with E-state index in [1.165, 1.54) is 0 Å². The van der Waals surface area contributed by atoms with E-state index in [0.29, 0.717) is 5.92 Å². The van der Waals surface area contributed by atoms with Crippen LogP contribution in [0.15, 0.2) is 0 Å². The molecule has 0 aromatic carbocycles. The number of carbonyl (C=O) groups is 2. The molecule has 2 saturated heterocycles. The first-order valence-corrected chi connectivity index (χ1v) is 7.36. The van der Waals surface area contributed by atoms with Crippen molar-refractivity contribution in [2.45, 2.75) is 38.6 Å². The van der Waals surface area contributed by atoms with Crippen LogP contribution < -0.4 is 10.6 Å². The molecule has 2 N–H and O–H groups in total. The number of nitrogens with zero attached hydrogens (tertiary/aromatic N) is 1. The SMILES string of the molecule is CNC(=O)C1CCCCN1C(=O)C1CNCC(C)C1. The van der Waals surface area contributed by atoms with E-state index in [2.05, 4.69) is 17.6 Å². The van der Waals surface area contributed by atoms with E-state index in [1.807, 2.05) is 4.90 Å². The summed E-state index contributed by atoms with van der Waals surface area (Å²) in [7, 11) is 1.64. The Kier molecular flexibility index (Phi) is 4.80. The fourth-order valence-corrected chi connectivity index (χ4v) is 3.21. The maximum Gasteiger partial charge on any atom is 0.242 e. The van der Waals surface area contributed by atoms with E-state index < -0.39 is 0 Å². The van der Waals surface area contributed by atoms with Gasteiger partial charge in [0.15, 0.2) is 0 Å². The Morgan fingerprint density at radius 1 is 1.26 bits per heavy atom. The molecule has 0 bridgehead atoms. The van der Waals surface area contributed by atoms with Crippen LogP contribution in [0.25, 0.3) is 0 Å². The van der Waals surface area contributed by atoms with E-state index in [-0.39, 0.29) is 23.8 Å². The van der Waals surface area contributed by atoms with Gasteiger partial charge in [0, 0.05) is 20.1 Å². The standard InChI is InChI=1S/C14H25N3O2/c1-10-7-11(9-16-8-10)14(19)17-6-4-3-5-12(17)13(18)15-2/h10-12,16H,3-9H2,1-2H3,(H,15,18). The van der Waals surface area contributed by atoms with Gasteiger partial charge in [-0.2, -0.15) is 0 Å². The fourth-order valence-electron chi connectivity index (χ4n) is 3.21. The van der Waals surface area contributed by atoms with E-state index >= 15 is 0 Å². The summed E-state index contributed by atoms with van der Waals surface area (Å²) in [5.74, 6) is 0.706. The Balaban J connectivity index is 2.04. The molecule has 0 radical (unpaired) electrons. The summed E-state index contributed by atoms with van der Waals surface area (Å²) in [4.78, 5) is 26.4. The number of rotatable bonds is 2. The van der Waals surface area contributed by atoms with Crippen LogP contribution in [0, 0.1) is 11.8 Å². The van der Waals surface area contributed by atoms with Crippen molar-refractivity contribution >= 4 is 11.8 Å². The zero-order chi connectivity index (χ0) is 13.8. The van der Waals surface area contributed by atoms with E-state index in [0.717, 1.165) is 45.3 Å². The second-order valence-electron chi connectivity index (χ2n) is 5.85. The third-order valence-electron chi connectivity index (χ3n) is 4.25. The van der Waals surface area contributed by atoms with Gasteiger partial charge in [-0.05, 0) is 38.1 Å². The normalized spacial score (nSPS) is 31.9. The van der Waals surface area contributed by atoms with Crippen LogP contribution in [0.2, 0.25) is 0 Å². The molecule has 2 aliphatic heterocycles. The number of piperidine rings is 2. The minimum absolute atomic E-state index is 0.0233. The lowest BCUT2D eigenvalue weighted by atomic mass is 9.89. The molecule has 3 unspecified atom stereocenters. The molecule has 0 aromatic rings. The van der Waals surface area contributed by atoms with Gasteiger partial charge in [-0.15, -0.1) is 0 Å². The zero-order valence-corrected chi connectivity index (χ0v) is 11.9. The lowest BCUT2D eigenvalue weighted by Gasteiger charge is -2.38. The number of hydrogen-bond acceptors (Lipinski definition) is 3. The molecular formula is C14H25N3O2. The van der Waals surface area contributed by atoms with Crippen molar-refractivity contribution in [3.05, 3.63) is 0 Å². The highest BCUT2D eigenvalue weighted by Crippen LogP contribution is 2.23. The molecule has 2 fully saturated rings. The number of nitrogens with one attached hydrogen (secondary N) is 2. The van der Waals surface area contributed by atoms with Crippen LogP contribution in [-0.4, -0.2) is 49.4 Å². The molecule has 0 aliphatic carbocycles. The second kappa shape index (κ2) is 6.37. The fraction of sp³-hybridized carbons (Fsp3) is 0.857. The molecule has 0 aromatic heterocycles. The van der Waals surface area contributed by atoms with Gasteiger partial charge in [-0.1, -0.05) is 6.92 Å². The van der Waals surface area contributed by atoms with Gasteiger partial charge in [-0.25, -0.2) is 0 Å². The highest BCUT2D eigenvalue weighted by Gasteiger charge is 2.36. The molecule has 5 heteroatoms. The maximum atomic E-state index is 12.6. The lowest BCUT2D eigenvalue weighted by molar-refractivity contribution is -0.146. The average molecular weight is 267 g/mol. The summed E-state index contributed by atoms with van der Waals surface area (Å²) in [6, 6.07) is -0.261. The molecule has 2 amide bonds. The van der Waals surface area contributed by atoms with Crippen molar-refractivity contribution in [3.63, 3.8) is 0 Å². The topological polar surface area (TPSA) is 61.4 Å². The third-order valence-corrected chi connectivity index (χ3v) is 4.25. The molecule has 108 valence electrons. The molecule has 2 heterocycles. The van der Waals surface area contributed by atoms with Crippen LogP contribution in [0.1, 0.15) is 32.6 Å². The maximum absolute atomic E-state index is 12.6. The molecular weight excluding hydrogens is 242 g/mol. The summed E-state index contributed by atoms with van der Waals surface area (Å²) < 4.78 is 0. The van der Waals surface area contributed by atoms with Crippen LogP contribution in [0.4, 0.5) is 0 Å². The Morgan fingerprint density at radius 2 is 2.05 bits per heavy atom. The van der Waals surface area contributed by atoms with Gasteiger partial charge in [0.1, 0.15) is 6.04 Å². The lowest BCUT2D eigenvalue weighted by Crippen LogP contribution is -2.55. The van der Waals surface area contributed by atoms with E-state index in [9.17, 15) is 9.59 Å². The van der Waals surface area contributed by atoms with Crippen molar-refractivity contribution in [1.82, 2.24) is 15.5 Å². The monoisotopic (exact) mass is 267 g/mol. The first-order chi connectivity index (χ1) is 9.13. The molecule has 0 saturated carbocycles. The quantitative estimate of drug-likeness (QED) is 0.759. The Hall–Kier alpha value is -1.10. The number of hydrogen-bond donors (Lipinski definition) is 2. The number of likely N-dealkylation sites (tertiary alicyclic amines) is 1. The van der Waals surface area contributed by atoms with Crippen molar-refractivity contribution in [3.8, 4) is 0 Å². The van der Waals surface area contributed by atoms with Gasteiger partial charge >= 0.3 is 0 Å². The van der Waals surface area contributed by atoms with Crippen LogP contribution >= 0.6 is 0 Å². The largest absolute Gasteiger partial charge is 0.357 e. The first-order valence-electron chi connectivity index (χ1n) is 7.36.